The van der Waals surface area contributed by atoms with Gasteiger partial charge in [0.25, 0.3) is 0 Å². The molecule has 0 amide bonds. The molecule has 0 aliphatic rings. The molecule has 1 N–H and O–H groups in total. The van der Waals surface area contributed by atoms with Crippen LogP contribution in [0.3, 0.4) is 0 Å². The highest BCUT2D eigenvalue weighted by Gasteiger charge is 2.11. The van der Waals surface area contributed by atoms with Crippen molar-refractivity contribution < 1.29 is 0 Å². The van der Waals surface area contributed by atoms with Crippen LogP contribution >= 0.6 is 12.2 Å². The van der Waals surface area contributed by atoms with Gasteiger partial charge in [0, 0.05) is 18.8 Å². The van der Waals surface area contributed by atoms with Gasteiger partial charge < -0.3 is 10.2 Å². The molecular weight excluding hydrogens is 278 g/mol. The van der Waals surface area contributed by atoms with Crippen LogP contribution in [-0.2, 0) is 6.54 Å². The summed E-state index contributed by atoms with van der Waals surface area (Å²) in [4.78, 5) is 1.96. The number of benzene rings is 2. The van der Waals surface area contributed by atoms with Crippen molar-refractivity contribution in [1.82, 2.24) is 5.32 Å². The van der Waals surface area contributed by atoms with Crippen molar-refractivity contribution in [2.45, 2.75) is 13.0 Å². The summed E-state index contributed by atoms with van der Waals surface area (Å²) in [6.07, 6.45) is 0.433. The molecule has 106 valence electrons. The van der Waals surface area contributed by atoms with Gasteiger partial charge in [-0.05, 0) is 29.9 Å². The van der Waals surface area contributed by atoms with E-state index in [4.69, 9.17) is 17.5 Å². The first-order valence-corrected chi connectivity index (χ1v) is 7.23. The Hall–Kier alpha value is -2.38. The van der Waals surface area contributed by atoms with Crippen molar-refractivity contribution in [3.63, 3.8) is 0 Å². The van der Waals surface area contributed by atoms with Gasteiger partial charge in [0.2, 0.25) is 0 Å². The monoisotopic (exact) mass is 295 g/mol. The molecule has 0 heterocycles. The number of hydrogen-bond donors (Lipinski definition) is 1. The minimum Gasteiger partial charge on any atom is -0.358 e. The zero-order valence-electron chi connectivity index (χ0n) is 11.7. The summed E-state index contributed by atoms with van der Waals surface area (Å²) in [6.45, 7) is 1.26. The maximum Gasteiger partial charge on any atom is 0.173 e. The quantitative estimate of drug-likeness (QED) is 0.857. The number of nitrogens with zero attached hydrogens (tertiary/aromatic N) is 2. The number of para-hydroxylation sites is 1. The standard InChI is InChI=1S/C17H17N3S/c18-12-7-13-20(16-10-5-2-6-11-16)17(21)19-14-15-8-3-1-4-9-15/h1-6,8-11H,7,13-14H2,(H,19,21). The number of thiocarbonyl (C=S) groups is 1. The van der Waals surface area contributed by atoms with Crippen molar-refractivity contribution in [2.75, 3.05) is 11.4 Å². The van der Waals surface area contributed by atoms with Crippen LogP contribution < -0.4 is 10.2 Å². The third kappa shape index (κ3) is 4.59. The molecule has 0 fully saturated rings. The zero-order valence-corrected chi connectivity index (χ0v) is 12.5. The largest absolute Gasteiger partial charge is 0.358 e. The van der Waals surface area contributed by atoms with Crippen LogP contribution in [0.15, 0.2) is 60.7 Å². The molecule has 2 aromatic carbocycles. The second-order valence-electron chi connectivity index (χ2n) is 4.54. The Balaban J connectivity index is 2.03. The van der Waals surface area contributed by atoms with Gasteiger partial charge >= 0.3 is 0 Å². The van der Waals surface area contributed by atoms with Gasteiger partial charge in [-0.2, -0.15) is 5.26 Å². The van der Waals surface area contributed by atoms with Crippen LogP contribution in [0.25, 0.3) is 0 Å². The SMILES string of the molecule is N#CCCN(C(=S)NCc1ccccc1)c1ccccc1. The molecule has 0 spiro atoms. The minimum absolute atomic E-state index is 0.433. The van der Waals surface area contributed by atoms with Crippen molar-refractivity contribution in [3.8, 4) is 6.07 Å². The van der Waals surface area contributed by atoms with E-state index in [0.717, 1.165) is 5.69 Å². The zero-order chi connectivity index (χ0) is 14.9. The van der Waals surface area contributed by atoms with Crippen LogP contribution in [0, 0.1) is 11.3 Å². The average Bonchev–Trinajstić information content (AvgIpc) is 2.55. The van der Waals surface area contributed by atoms with Gasteiger partial charge in [0.15, 0.2) is 5.11 Å². The van der Waals surface area contributed by atoms with Crippen LogP contribution in [-0.4, -0.2) is 11.7 Å². The summed E-state index contributed by atoms with van der Waals surface area (Å²) in [5, 5.41) is 12.7. The van der Waals surface area contributed by atoms with E-state index in [-0.39, 0.29) is 0 Å². The highest BCUT2D eigenvalue weighted by Crippen LogP contribution is 2.14. The Morgan fingerprint density at radius 2 is 1.67 bits per heavy atom. The molecule has 0 bridgehead atoms. The van der Waals surface area contributed by atoms with Crippen molar-refractivity contribution in [2.24, 2.45) is 0 Å². The Morgan fingerprint density at radius 1 is 1.05 bits per heavy atom. The molecule has 2 rings (SSSR count). The Morgan fingerprint density at radius 3 is 2.29 bits per heavy atom. The highest BCUT2D eigenvalue weighted by molar-refractivity contribution is 7.80. The van der Waals surface area contributed by atoms with Gasteiger partial charge in [-0.25, -0.2) is 0 Å². The van der Waals surface area contributed by atoms with E-state index in [1.54, 1.807) is 0 Å². The molecule has 4 heteroatoms. The topological polar surface area (TPSA) is 39.1 Å². The van der Waals surface area contributed by atoms with Crippen molar-refractivity contribution in [3.05, 3.63) is 66.2 Å². The van der Waals surface area contributed by atoms with E-state index < -0.39 is 0 Å². The molecule has 0 atom stereocenters. The first-order chi connectivity index (χ1) is 10.3. The Kier molecular flexibility index (Phi) is 5.74. The van der Waals surface area contributed by atoms with E-state index in [0.29, 0.717) is 24.6 Å². The summed E-state index contributed by atoms with van der Waals surface area (Å²) < 4.78 is 0. The minimum atomic E-state index is 0.433. The first kappa shape index (κ1) is 15.0. The van der Waals surface area contributed by atoms with E-state index in [1.165, 1.54) is 5.56 Å². The molecule has 21 heavy (non-hydrogen) atoms. The normalized spacial score (nSPS) is 9.67. The van der Waals surface area contributed by atoms with Gasteiger partial charge in [0.05, 0.1) is 12.5 Å². The van der Waals surface area contributed by atoms with Crippen molar-refractivity contribution >= 4 is 23.0 Å². The lowest BCUT2D eigenvalue weighted by Gasteiger charge is -2.25. The Labute approximate surface area is 130 Å². The third-order valence-electron chi connectivity index (χ3n) is 3.05. The van der Waals surface area contributed by atoms with Gasteiger partial charge in [-0.1, -0.05) is 48.5 Å². The first-order valence-electron chi connectivity index (χ1n) is 6.82. The number of anilines is 1. The fourth-order valence-corrected chi connectivity index (χ4v) is 2.26. The van der Waals surface area contributed by atoms with Gasteiger partial charge in [-0.15, -0.1) is 0 Å². The molecule has 0 aliphatic heterocycles. The van der Waals surface area contributed by atoms with E-state index in [1.807, 2.05) is 53.4 Å². The van der Waals surface area contributed by atoms with Gasteiger partial charge in [-0.3, -0.25) is 0 Å². The predicted octanol–water partition coefficient (Wildman–Crippen LogP) is 3.48. The number of hydrogen-bond acceptors (Lipinski definition) is 2. The van der Waals surface area contributed by atoms with Crippen LogP contribution in [0.4, 0.5) is 5.69 Å². The maximum atomic E-state index is 8.81. The van der Waals surface area contributed by atoms with Crippen molar-refractivity contribution in [1.29, 1.82) is 5.26 Å². The fraction of sp³-hybridized carbons (Fsp3) is 0.176. The van der Waals surface area contributed by atoms with Crippen LogP contribution in [0.1, 0.15) is 12.0 Å². The van der Waals surface area contributed by atoms with E-state index in [9.17, 15) is 0 Å². The third-order valence-corrected chi connectivity index (χ3v) is 3.41. The number of nitriles is 1. The van der Waals surface area contributed by atoms with Crippen LogP contribution in [0.2, 0.25) is 0 Å². The van der Waals surface area contributed by atoms with Gasteiger partial charge in [0.1, 0.15) is 0 Å². The Bertz CT molecular complexity index is 605. The summed E-state index contributed by atoms with van der Waals surface area (Å²) >= 11 is 5.48. The summed E-state index contributed by atoms with van der Waals surface area (Å²) in [7, 11) is 0. The maximum absolute atomic E-state index is 8.81. The molecule has 0 aromatic heterocycles. The summed E-state index contributed by atoms with van der Waals surface area (Å²) in [5.74, 6) is 0. The van der Waals surface area contributed by atoms with Crippen LogP contribution in [0.5, 0.6) is 0 Å². The lowest BCUT2D eigenvalue weighted by molar-refractivity contribution is 0.874. The lowest BCUT2D eigenvalue weighted by atomic mass is 10.2. The molecule has 0 saturated heterocycles. The van der Waals surface area contributed by atoms with E-state index in [2.05, 4.69) is 23.5 Å². The number of rotatable bonds is 5. The molecule has 0 radical (unpaired) electrons. The fourth-order valence-electron chi connectivity index (χ4n) is 1.99. The molecular formula is C17H17N3S. The average molecular weight is 295 g/mol. The number of nitrogens with one attached hydrogen (secondary N) is 1. The molecule has 0 aliphatic carbocycles. The molecule has 3 nitrogen and oxygen atoms in total. The molecule has 2 aromatic rings. The second kappa shape index (κ2) is 8.03. The molecule has 0 unspecified atom stereocenters. The summed E-state index contributed by atoms with van der Waals surface area (Å²) in [5.41, 5.74) is 2.17. The lowest BCUT2D eigenvalue weighted by Crippen LogP contribution is -2.40. The summed E-state index contributed by atoms with van der Waals surface area (Å²) in [6, 6.07) is 22.2. The predicted molar refractivity (Wildman–Crippen MR) is 89.9 cm³/mol. The molecule has 0 saturated carbocycles. The highest BCUT2D eigenvalue weighted by atomic mass is 32.1. The second-order valence-corrected chi connectivity index (χ2v) is 4.93. The van der Waals surface area contributed by atoms with E-state index >= 15 is 0 Å². The smallest absolute Gasteiger partial charge is 0.173 e.